The normalized spacial score (nSPS) is 10.8. The van der Waals surface area contributed by atoms with Crippen molar-refractivity contribution in [2.45, 2.75) is 6.92 Å². The van der Waals surface area contributed by atoms with Crippen molar-refractivity contribution in [1.29, 1.82) is 0 Å². The number of nitrogens with one attached hydrogen (secondary N) is 1. The van der Waals surface area contributed by atoms with Crippen molar-refractivity contribution < 1.29 is 0 Å². The third-order valence-corrected chi connectivity index (χ3v) is 0.619. The first-order valence-electron chi connectivity index (χ1n) is 2.47. The Morgan fingerprint density at radius 1 is 1.78 bits per heavy atom. The van der Waals surface area contributed by atoms with Crippen molar-refractivity contribution >= 4 is 23.5 Å². The molecule has 0 amide bonds. The van der Waals surface area contributed by atoms with Crippen molar-refractivity contribution in [3.8, 4) is 0 Å². The van der Waals surface area contributed by atoms with Gasteiger partial charge >= 0.3 is 0 Å². The molecule has 0 radical (unpaired) electrons. The number of hydrogen-bond acceptors (Lipinski definition) is 2. The molecule has 0 rings (SSSR count). The Kier molecular flexibility index (Phi) is 4.72. The maximum Gasteiger partial charge on any atom is 0.184 e. The van der Waals surface area contributed by atoms with Crippen LogP contribution in [0.5, 0.6) is 0 Å². The zero-order valence-corrected chi connectivity index (χ0v) is 5.98. The van der Waals surface area contributed by atoms with Gasteiger partial charge in [0, 0.05) is 6.21 Å². The second kappa shape index (κ2) is 5.24. The van der Waals surface area contributed by atoms with Gasteiger partial charge in [-0.25, -0.2) is 0 Å². The number of hydrogen-bond donors (Lipinski definition) is 2. The van der Waals surface area contributed by atoms with E-state index >= 15 is 0 Å². The molecule has 0 aromatic rings. The van der Waals surface area contributed by atoms with E-state index in [1.54, 1.807) is 12.3 Å². The highest BCUT2D eigenvalue weighted by Gasteiger charge is 1.73. The van der Waals surface area contributed by atoms with Crippen LogP contribution in [-0.4, -0.2) is 11.3 Å². The average Bonchev–Trinajstić information content (AvgIpc) is 1.80. The van der Waals surface area contributed by atoms with E-state index in [4.69, 9.17) is 5.73 Å². The second-order valence-electron chi connectivity index (χ2n) is 1.28. The quantitative estimate of drug-likeness (QED) is 0.334. The molecule has 0 saturated carbocycles. The van der Waals surface area contributed by atoms with Crippen molar-refractivity contribution in [2.75, 3.05) is 0 Å². The van der Waals surface area contributed by atoms with Crippen molar-refractivity contribution in [2.24, 2.45) is 10.8 Å². The summed E-state index contributed by atoms with van der Waals surface area (Å²) in [6.45, 7) is 1.90. The molecule has 0 aliphatic rings. The van der Waals surface area contributed by atoms with E-state index in [-0.39, 0.29) is 5.11 Å². The molecule has 0 unspecified atom stereocenters. The summed E-state index contributed by atoms with van der Waals surface area (Å²) >= 11 is 4.47. The lowest BCUT2D eigenvalue weighted by Crippen LogP contribution is -2.23. The molecule has 50 valence electrons. The number of nitrogens with two attached hydrogens (primary N) is 1. The van der Waals surface area contributed by atoms with Gasteiger partial charge < -0.3 is 5.73 Å². The van der Waals surface area contributed by atoms with Crippen LogP contribution in [0.15, 0.2) is 17.3 Å². The highest BCUT2D eigenvalue weighted by Crippen LogP contribution is 1.63. The van der Waals surface area contributed by atoms with Crippen molar-refractivity contribution in [3.05, 3.63) is 12.2 Å². The molecule has 0 spiro atoms. The third kappa shape index (κ3) is 7.10. The summed E-state index contributed by atoms with van der Waals surface area (Å²) in [6, 6.07) is 0. The van der Waals surface area contributed by atoms with Crippen molar-refractivity contribution in [1.82, 2.24) is 5.43 Å². The molecular formula is C5H9N3S. The lowest BCUT2D eigenvalue weighted by molar-refractivity contribution is 1.04. The summed E-state index contributed by atoms with van der Waals surface area (Å²) in [4.78, 5) is 0. The Morgan fingerprint density at radius 2 is 2.44 bits per heavy atom. The lowest BCUT2D eigenvalue weighted by atomic mass is 10.6. The molecule has 0 heterocycles. The Morgan fingerprint density at radius 3 is 2.89 bits per heavy atom. The molecule has 4 heteroatoms. The Balaban J connectivity index is 3.36. The fourth-order valence-electron chi connectivity index (χ4n) is 0.230. The van der Waals surface area contributed by atoms with Gasteiger partial charge in [0.25, 0.3) is 0 Å². The van der Waals surface area contributed by atoms with Crippen LogP contribution in [0.25, 0.3) is 0 Å². The van der Waals surface area contributed by atoms with Crippen LogP contribution < -0.4 is 11.2 Å². The van der Waals surface area contributed by atoms with E-state index in [2.05, 4.69) is 22.7 Å². The van der Waals surface area contributed by atoms with Gasteiger partial charge in [0.15, 0.2) is 5.11 Å². The smallest absolute Gasteiger partial charge is 0.184 e. The van der Waals surface area contributed by atoms with Gasteiger partial charge in [-0.15, -0.1) is 0 Å². The van der Waals surface area contributed by atoms with Gasteiger partial charge in [-0.3, -0.25) is 5.43 Å². The number of rotatable bonds is 2. The van der Waals surface area contributed by atoms with Crippen LogP contribution in [0.2, 0.25) is 0 Å². The summed E-state index contributed by atoms with van der Waals surface area (Å²) < 4.78 is 0. The molecule has 3 N–H and O–H groups in total. The Bertz CT molecular complexity index is 139. The van der Waals surface area contributed by atoms with Gasteiger partial charge in [-0.1, -0.05) is 6.08 Å². The van der Waals surface area contributed by atoms with E-state index in [1.165, 1.54) is 0 Å². The standard InChI is InChI=1S/C5H9N3S/c1-2-3-4-7-8-5(6)9/h2-4H,1H3,(H3,6,8,9)/b3-2-,7-4+. The largest absolute Gasteiger partial charge is 0.375 e. The molecule has 0 bridgehead atoms. The minimum atomic E-state index is 0.177. The molecule has 0 saturated heterocycles. The maximum atomic E-state index is 5.06. The van der Waals surface area contributed by atoms with Gasteiger partial charge in [0.05, 0.1) is 0 Å². The predicted molar refractivity (Wildman–Crippen MR) is 43.2 cm³/mol. The zero-order chi connectivity index (χ0) is 7.11. The van der Waals surface area contributed by atoms with E-state index in [0.29, 0.717) is 0 Å². The summed E-state index contributed by atoms with van der Waals surface area (Å²) in [5.41, 5.74) is 7.46. The van der Waals surface area contributed by atoms with Gasteiger partial charge in [-0.2, -0.15) is 5.10 Å². The van der Waals surface area contributed by atoms with E-state index in [9.17, 15) is 0 Å². The first-order valence-corrected chi connectivity index (χ1v) is 2.88. The van der Waals surface area contributed by atoms with E-state index < -0.39 is 0 Å². The first kappa shape index (κ1) is 8.10. The molecule has 0 atom stereocenters. The minimum absolute atomic E-state index is 0.177. The SMILES string of the molecule is C/C=C\C=N\NC(N)=S. The number of hydrazone groups is 1. The van der Waals surface area contributed by atoms with Gasteiger partial charge in [0.1, 0.15) is 0 Å². The predicted octanol–water partition coefficient (Wildman–Crippen LogP) is 0.382. The lowest BCUT2D eigenvalue weighted by Gasteiger charge is -1.89. The fraction of sp³-hybridized carbons (Fsp3) is 0.200. The Hall–Kier alpha value is -0.900. The number of nitrogens with zero attached hydrogens (tertiary/aromatic N) is 1. The minimum Gasteiger partial charge on any atom is -0.375 e. The van der Waals surface area contributed by atoms with Crippen LogP contribution in [0, 0.1) is 0 Å². The molecule has 0 aromatic heterocycles. The van der Waals surface area contributed by atoms with Gasteiger partial charge in [-0.05, 0) is 25.2 Å². The van der Waals surface area contributed by atoms with Crippen LogP contribution in [0.3, 0.4) is 0 Å². The first-order chi connectivity index (χ1) is 4.27. The van der Waals surface area contributed by atoms with Crippen LogP contribution in [-0.2, 0) is 0 Å². The molecule has 3 nitrogen and oxygen atoms in total. The summed E-state index contributed by atoms with van der Waals surface area (Å²) in [5, 5.41) is 3.81. The van der Waals surface area contributed by atoms with Gasteiger partial charge in [0.2, 0.25) is 0 Å². The van der Waals surface area contributed by atoms with Crippen molar-refractivity contribution in [3.63, 3.8) is 0 Å². The fourth-order valence-corrected chi connectivity index (χ4v) is 0.283. The zero-order valence-electron chi connectivity index (χ0n) is 5.16. The highest BCUT2D eigenvalue weighted by atomic mass is 32.1. The van der Waals surface area contributed by atoms with Crippen LogP contribution in [0.4, 0.5) is 0 Å². The van der Waals surface area contributed by atoms with Crippen LogP contribution >= 0.6 is 12.2 Å². The molecule has 9 heavy (non-hydrogen) atoms. The molecule has 0 fully saturated rings. The third-order valence-electron chi connectivity index (χ3n) is 0.528. The maximum absolute atomic E-state index is 5.06. The molecule has 0 aromatic carbocycles. The summed E-state index contributed by atoms with van der Waals surface area (Å²) in [7, 11) is 0. The van der Waals surface area contributed by atoms with E-state index in [1.807, 2.05) is 13.0 Å². The highest BCUT2D eigenvalue weighted by molar-refractivity contribution is 7.80. The molecule has 0 aliphatic heterocycles. The molecular weight excluding hydrogens is 134 g/mol. The monoisotopic (exact) mass is 143 g/mol. The van der Waals surface area contributed by atoms with E-state index in [0.717, 1.165) is 0 Å². The number of thiocarbonyl (C=S) groups is 1. The Labute approximate surface area is 59.6 Å². The van der Waals surface area contributed by atoms with Crippen LogP contribution in [0.1, 0.15) is 6.92 Å². The second-order valence-corrected chi connectivity index (χ2v) is 1.72. The number of allylic oxidation sites excluding steroid dienone is 2. The summed E-state index contributed by atoms with van der Waals surface area (Å²) in [6.07, 6.45) is 5.19. The molecule has 0 aliphatic carbocycles. The summed E-state index contributed by atoms with van der Waals surface area (Å²) in [5.74, 6) is 0. The average molecular weight is 143 g/mol. The topological polar surface area (TPSA) is 50.4 Å².